The van der Waals surface area contributed by atoms with Gasteiger partial charge in [0.05, 0.1) is 7.11 Å². The topological polar surface area (TPSA) is 67.4 Å². The lowest BCUT2D eigenvalue weighted by molar-refractivity contribution is -0.153. The molecule has 0 radical (unpaired) electrons. The van der Waals surface area contributed by atoms with Crippen molar-refractivity contribution in [2.45, 2.75) is 51.0 Å². The average Bonchev–Trinajstić information content (AvgIpc) is 2.49. The molecule has 2 fully saturated rings. The number of piperidine rings is 1. The second-order valence-electron chi connectivity index (χ2n) is 6.27. The van der Waals surface area contributed by atoms with Gasteiger partial charge in [-0.3, -0.25) is 4.79 Å². The third kappa shape index (κ3) is 4.33. The fourth-order valence-corrected chi connectivity index (χ4v) is 3.25. The first-order valence-electron chi connectivity index (χ1n) is 7.68. The van der Waals surface area contributed by atoms with E-state index in [-0.39, 0.29) is 30.2 Å². The van der Waals surface area contributed by atoms with Crippen LogP contribution in [0.4, 0.5) is 0 Å². The van der Waals surface area contributed by atoms with Gasteiger partial charge < -0.3 is 15.4 Å². The van der Waals surface area contributed by atoms with Gasteiger partial charge in [-0.05, 0) is 57.5 Å². The number of nitrogens with one attached hydrogen (secondary N) is 2. The Hall–Kier alpha value is -0.810. The van der Waals surface area contributed by atoms with Crippen LogP contribution in [0.2, 0.25) is 0 Å². The number of hydrogen-bond acceptors (Lipinski definition) is 4. The van der Waals surface area contributed by atoms with E-state index in [1.807, 2.05) is 0 Å². The molecule has 1 saturated heterocycles. The zero-order chi connectivity index (χ0) is 14.6. The molecule has 2 N–H and O–H groups in total. The number of halogens is 1. The van der Waals surface area contributed by atoms with E-state index in [0.717, 1.165) is 38.8 Å². The van der Waals surface area contributed by atoms with Gasteiger partial charge in [-0.2, -0.15) is 0 Å². The maximum absolute atomic E-state index is 12.4. The summed E-state index contributed by atoms with van der Waals surface area (Å²) in [5, 5.41) is 6.28. The summed E-state index contributed by atoms with van der Waals surface area (Å²) in [6.07, 6.45) is 5.00. The monoisotopic (exact) mass is 318 g/mol. The van der Waals surface area contributed by atoms with Crippen LogP contribution in [0.15, 0.2) is 0 Å². The molecule has 2 aliphatic rings. The van der Waals surface area contributed by atoms with Crippen LogP contribution >= 0.6 is 12.4 Å². The number of amides is 1. The summed E-state index contributed by atoms with van der Waals surface area (Å²) in [6.45, 7) is 3.94. The maximum Gasteiger partial charge on any atom is 0.331 e. The van der Waals surface area contributed by atoms with E-state index in [9.17, 15) is 9.59 Å². The van der Waals surface area contributed by atoms with Crippen LogP contribution in [-0.4, -0.2) is 37.6 Å². The lowest BCUT2D eigenvalue weighted by atomic mass is 9.76. The zero-order valence-electron chi connectivity index (χ0n) is 12.9. The highest BCUT2D eigenvalue weighted by Crippen LogP contribution is 2.33. The molecule has 0 unspecified atom stereocenters. The molecule has 1 aliphatic heterocycles. The summed E-state index contributed by atoms with van der Waals surface area (Å²) < 4.78 is 4.95. The van der Waals surface area contributed by atoms with Crippen LogP contribution in [-0.2, 0) is 14.3 Å². The van der Waals surface area contributed by atoms with Crippen molar-refractivity contribution in [3.8, 4) is 0 Å². The highest BCUT2D eigenvalue weighted by Gasteiger charge is 2.44. The summed E-state index contributed by atoms with van der Waals surface area (Å²) in [5.74, 6) is 0.374. The van der Waals surface area contributed by atoms with Gasteiger partial charge >= 0.3 is 5.97 Å². The molecule has 1 heterocycles. The predicted octanol–water partition coefficient (Wildman–Crippen LogP) is 1.65. The summed E-state index contributed by atoms with van der Waals surface area (Å²) in [7, 11) is 1.40. The molecule has 0 aromatic carbocycles. The van der Waals surface area contributed by atoms with E-state index in [0.29, 0.717) is 18.8 Å². The molecule has 0 bridgehead atoms. The van der Waals surface area contributed by atoms with Crippen molar-refractivity contribution in [3.63, 3.8) is 0 Å². The average molecular weight is 319 g/mol. The minimum Gasteiger partial charge on any atom is -0.467 e. The standard InChI is InChI=1S/C15H26N2O3.ClH/c1-11-3-7-15(8-4-11,14(19)20-2)17-13(18)12-5-9-16-10-6-12;/h11-12,16H,3-10H2,1-2H3,(H,17,18);1H. The Morgan fingerprint density at radius 1 is 1.14 bits per heavy atom. The molecular formula is C15H27ClN2O3. The molecule has 1 amide bonds. The Labute approximate surface area is 133 Å². The first-order valence-corrected chi connectivity index (χ1v) is 7.68. The number of hydrogen-bond donors (Lipinski definition) is 2. The summed E-state index contributed by atoms with van der Waals surface area (Å²) >= 11 is 0. The molecule has 2 rings (SSSR count). The highest BCUT2D eigenvalue weighted by atomic mass is 35.5. The Morgan fingerprint density at radius 3 is 2.24 bits per heavy atom. The minimum absolute atomic E-state index is 0. The molecule has 6 heteroatoms. The van der Waals surface area contributed by atoms with E-state index in [2.05, 4.69) is 17.6 Å². The van der Waals surface area contributed by atoms with Crippen molar-refractivity contribution in [1.29, 1.82) is 0 Å². The second kappa shape index (κ2) is 7.99. The Balaban J connectivity index is 0.00000220. The Bertz CT molecular complexity index is 362. The fraction of sp³-hybridized carbons (Fsp3) is 0.867. The minimum atomic E-state index is -0.788. The number of esters is 1. The molecule has 0 spiro atoms. The predicted molar refractivity (Wildman–Crippen MR) is 83.4 cm³/mol. The lowest BCUT2D eigenvalue weighted by Gasteiger charge is -2.38. The number of ether oxygens (including phenoxy) is 1. The van der Waals surface area contributed by atoms with Crippen molar-refractivity contribution in [1.82, 2.24) is 10.6 Å². The van der Waals surface area contributed by atoms with Crippen LogP contribution in [0.25, 0.3) is 0 Å². The number of carbonyl (C=O) groups excluding carboxylic acids is 2. The molecule has 0 aromatic heterocycles. The quantitative estimate of drug-likeness (QED) is 0.776. The van der Waals surface area contributed by atoms with Gasteiger partial charge in [0.25, 0.3) is 0 Å². The summed E-state index contributed by atoms with van der Waals surface area (Å²) in [5.41, 5.74) is -0.788. The second-order valence-corrected chi connectivity index (χ2v) is 6.27. The molecule has 21 heavy (non-hydrogen) atoms. The van der Waals surface area contributed by atoms with Crippen LogP contribution in [0, 0.1) is 11.8 Å². The lowest BCUT2D eigenvalue weighted by Crippen LogP contribution is -2.58. The van der Waals surface area contributed by atoms with Crippen LogP contribution in [0.5, 0.6) is 0 Å². The smallest absolute Gasteiger partial charge is 0.331 e. The largest absolute Gasteiger partial charge is 0.467 e. The first-order chi connectivity index (χ1) is 9.57. The van der Waals surface area contributed by atoms with Crippen molar-refractivity contribution in [2.24, 2.45) is 11.8 Å². The third-order valence-corrected chi connectivity index (χ3v) is 4.78. The van der Waals surface area contributed by atoms with Gasteiger partial charge in [-0.15, -0.1) is 12.4 Å². The fourth-order valence-electron chi connectivity index (χ4n) is 3.25. The highest BCUT2D eigenvalue weighted by molar-refractivity contribution is 5.89. The number of rotatable bonds is 3. The molecule has 5 nitrogen and oxygen atoms in total. The van der Waals surface area contributed by atoms with Crippen LogP contribution < -0.4 is 10.6 Å². The SMILES string of the molecule is COC(=O)C1(NC(=O)C2CCNCC2)CCC(C)CC1.Cl. The number of methoxy groups -OCH3 is 1. The van der Waals surface area contributed by atoms with E-state index in [1.54, 1.807) is 0 Å². The van der Waals surface area contributed by atoms with Gasteiger partial charge in [0.15, 0.2) is 0 Å². The molecule has 122 valence electrons. The van der Waals surface area contributed by atoms with Gasteiger partial charge in [0.2, 0.25) is 5.91 Å². The van der Waals surface area contributed by atoms with E-state index >= 15 is 0 Å². The van der Waals surface area contributed by atoms with Crippen molar-refractivity contribution in [2.75, 3.05) is 20.2 Å². The van der Waals surface area contributed by atoms with Gasteiger partial charge in [-0.1, -0.05) is 6.92 Å². The van der Waals surface area contributed by atoms with E-state index in [4.69, 9.17) is 4.74 Å². The third-order valence-electron chi connectivity index (χ3n) is 4.78. The van der Waals surface area contributed by atoms with Crippen molar-refractivity contribution in [3.05, 3.63) is 0 Å². The Kier molecular flexibility index (Phi) is 6.94. The molecule has 1 aliphatic carbocycles. The van der Waals surface area contributed by atoms with E-state index < -0.39 is 5.54 Å². The molecule has 0 atom stereocenters. The van der Waals surface area contributed by atoms with Gasteiger partial charge in [-0.25, -0.2) is 4.79 Å². The molecule has 1 saturated carbocycles. The Morgan fingerprint density at radius 2 is 1.71 bits per heavy atom. The normalized spacial score (nSPS) is 30.1. The molecule has 0 aromatic rings. The van der Waals surface area contributed by atoms with Crippen molar-refractivity contribution >= 4 is 24.3 Å². The molecular weight excluding hydrogens is 292 g/mol. The van der Waals surface area contributed by atoms with E-state index in [1.165, 1.54) is 7.11 Å². The summed E-state index contributed by atoms with van der Waals surface area (Å²) in [4.78, 5) is 24.6. The number of carbonyl (C=O) groups is 2. The van der Waals surface area contributed by atoms with Gasteiger partial charge in [0, 0.05) is 5.92 Å². The first kappa shape index (κ1) is 18.2. The zero-order valence-corrected chi connectivity index (χ0v) is 13.8. The van der Waals surface area contributed by atoms with Gasteiger partial charge in [0.1, 0.15) is 5.54 Å². The summed E-state index contributed by atoms with van der Waals surface area (Å²) in [6, 6.07) is 0. The van der Waals surface area contributed by atoms with Crippen LogP contribution in [0.1, 0.15) is 45.4 Å². The maximum atomic E-state index is 12.4. The van der Waals surface area contributed by atoms with Crippen molar-refractivity contribution < 1.29 is 14.3 Å². The van der Waals surface area contributed by atoms with Crippen LogP contribution in [0.3, 0.4) is 0 Å².